The summed E-state index contributed by atoms with van der Waals surface area (Å²) in [6.45, 7) is 3.50. The van der Waals surface area contributed by atoms with Gasteiger partial charge in [0.25, 0.3) is 0 Å². The maximum Gasteiger partial charge on any atom is 1.00 e. The van der Waals surface area contributed by atoms with E-state index in [0.29, 0.717) is 5.56 Å². The Hall–Kier alpha value is -1.06. The number of carboxylic acids is 1. The molecule has 0 bridgehead atoms. The average molecular weight is 371 g/mol. The number of hydrogen-bond donors (Lipinski definition) is 2. The zero-order valence-corrected chi connectivity index (χ0v) is 17.1. The molecule has 2 aliphatic heterocycles. The second-order valence-electron chi connectivity index (χ2n) is 6.45. The Balaban J connectivity index is 0.00000225. The van der Waals surface area contributed by atoms with Crippen LogP contribution in [-0.2, 0) is 14.4 Å². The summed E-state index contributed by atoms with van der Waals surface area (Å²) in [6, 6.07) is 6.19. The monoisotopic (exact) mass is 371 g/mol. The Bertz CT molecular complexity index is 700. The van der Waals surface area contributed by atoms with E-state index in [9.17, 15) is 19.5 Å². The van der Waals surface area contributed by atoms with E-state index in [2.05, 4.69) is 5.32 Å². The minimum absolute atomic E-state index is 0. The van der Waals surface area contributed by atoms with Crippen molar-refractivity contribution in [1.82, 2.24) is 10.2 Å². The van der Waals surface area contributed by atoms with Crippen LogP contribution in [0.2, 0.25) is 0 Å². The van der Waals surface area contributed by atoms with Crippen molar-refractivity contribution in [2.75, 3.05) is 0 Å². The van der Waals surface area contributed by atoms with E-state index in [4.69, 9.17) is 5.73 Å². The van der Waals surface area contributed by atoms with Crippen molar-refractivity contribution in [1.29, 1.82) is 0 Å². The minimum Gasteiger partial charge on any atom is -0.548 e. The van der Waals surface area contributed by atoms with Gasteiger partial charge in [-0.25, -0.2) is 0 Å². The number of carbonyl (C=O) groups excluding carboxylic acids is 3. The van der Waals surface area contributed by atoms with Crippen molar-refractivity contribution < 1.29 is 49.0 Å². The van der Waals surface area contributed by atoms with E-state index in [1.54, 1.807) is 38.1 Å². The summed E-state index contributed by atoms with van der Waals surface area (Å²) >= 11 is 1.34. The molecule has 1 unspecified atom stereocenters. The predicted molar refractivity (Wildman–Crippen MR) is 86.4 cm³/mol. The molecule has 25 heavy (non-hydrogen) atoms. The molecule has 2 saturated heterocycles. The number of nitrogens with two attached hydrogens (primary N) is 1. The van der Waals surface area contributed by atoms with Crippen LogP contribution in [0.5, 0.6) is 0 Å². The third-order valence-corrected chi connectivity index (χ3v) is 5.97. The second-order valence-corrected chi connectivity index (χ2v) is 8.22. The summed E-state index contributed by atoms with van der Waals surface area (Å²) in [6.07, 6.45) is 0. The fourth-order valence-corrected chi connectivity index (χ4v) is 4.80. The first-order valence-electron chi connectivity index (χ1n) is 7.56. The van der Waals surface area contributed by atoms with Gasteiger partial charge in [0.1, 0.15) is 17.5 Å². The molecule has 2 amide bonds. The van der Waals surface area contributed by atoms with Crippen molar-refractivity contribution in [3.8, 4) is 0 Å². The molecule has 128 valence electrons. The zero-order valence-electron chi connectivity index (χ0n) is 14.3. The molecule has 0 spiro atoms. The normalized spacial score (nSPS) is 27.6. The summed E-state index contributed by atoms with van der Waals surface area (Å²) in [5, 5.41) is 13.6. The van der Waals surface area contributed by atoms with Gasteiger partial charge in [-0.3, -0.25) is 9.59 Å². The average Bonchev–Trinajstić information content (AvgIpc) is 2.80. The molecular formula is C16H18N3NaO4S. The first-order valence-corrected chi connectivity index (χ1v) is 8.44. The van der Waals surface area contributed by atoms with Gasteiger partial charge in [0.15, 0.2) is 0 Å². The van der Waals surface area contributed by atoms with Crippen molar-refractivity contribution >= 4 is 29.5 Å². The van der Waals surface area contributed by atoms with Gasteiger partial charge in [-0.15, -0.1) is 11.8 Å². The van der Waals surface area contributed by atoms with Gasteiger partial charge in [0.2, 0.25) is 11.8 Å². The van der Waals surface area contributed by atoms with E-state index in [0.717, 1.165) is 0 Å². The van der Waals surface area contributed by atoms with Crippen LogP contribution in [-0.4, -0.2) is 44.9 Å². The molecule has 2 fully saturated rings. The number of benzene rings is 1. The first kappa shape index (κ1) is 20.3. The molecule has 1 aromatic carbocycles. The van der Waals surface area contributed by atoms with Crippen molar-refractivity contribution in [2.45, 2.75) is 42.1 Å². The molecule has 0 aliphatic carbocycles. The van der Waals surface area contributed by atoms with Crippen LogP contribution in [0.15, 0.2) is 30.3 Å². The molecule has 2 aliphatic rings. The summed E-state index contributed by atoms with van der Waals surface area (Å²) in [7, 11) is 0. The molecule has 0 radical (unpaired) electrons. The van der Waals surface area contributed by atoms with Gasteiger partial charge in [0.05, 0.1) is 12.0 Å². The maximum absolute atomic E-state index is 12.3. The molecule has 7 nitrogen and oxygen atoms in total. The Labute approximate surface area is 172 Å². The molecule has 3 N–H and O–H groups in total. The van der Waals surface area contributed by atoms with E-state index in [1.165, 1.54) is 16.7 Å². The molecule has 0 aromatic heterocycles. The van der Waals surface area contributed by atoms with Crippen LogP contribution in [0, 0.1) is 0 Å². The molecule has 1 aromatic rings. The smallest absolute Gasteiger partial charge is 0.548 e. The number of fused-ring (bicyclic) bond motifs is 1. The van der Waals surface area contributed by atoms with Crippen LogP contribution >= 0.6 is 11.8 Å². The molecule has 3 rings (SSSR count). The van der Waals surface area contributed by atoms with Crippen LogP contribution in [0.25, 0.3) is 0 Å². The topological polar surface area (TPSA) is 116 Å². The van der Waals surface area contributed by atoms with E-state index < -0.39 is 46.0 Å². The summed E-state index contributed by atoms with van der Waals surface area (Å²) in [5.74, 6) is -2.16. The zero-order chi connectivity index (χ0) is 17.6. The van der Waals surface area contributed by atoms with Crippen LogP contribution in [0.1, 0.15) is 25.5 Å². The van der Waals surface area contributed by atoms with Crippen LogP contribution in [0.3, 0.4) is 0 Å². The Kier molecular flexibility index (Phi) is 5.90. The fraction of sp³-hybridized carbons (Fsp3) is 0.438. The second kappa shape index (κ2) is 7.28. The third-order valence-electron chi connectivity index (χ3n) is 4.40. The number of hydrogen-bond acceptors (Lipinski definition) is 6. The third kappa shape index (κ3) is 3.46. The number of thioether (sulfide) groups is 1. The molecule has 9 heteroatoms. The number of carboxylic acid groups (broad SMARTS) is 1. The summed E-state index contributed by atoms with van der Waals surface area (Å²) in [5.41, 5.74) is 6.57. The molecule has 2 heterocycles. The number of nitrogens with zero attached hydrogens (tertiary/aromatic N) is 1. The molecular weight excluding hydrogens is 353 g/mol. The first-order chi connectivity index (χ1) is 11.2. The number of β-lactam (4-membered cyclic amide) rings is 1. The van der Waals surface area contributed by atoms with E-state index >= 15 is 0 Å². The quantitative estimate of drug-likeness (QED) is 0.412. The number of rotatable bonds is 4. The van der Waals surface area contributed by atoms with Crippen molar-refractivity contribution in [3.05, 3.63) is 35.9 Å². The van der Waals surface area contributed by atoms with Crippen molar-refractivity contribution in [2.24, 2.45) is 5.73 Å². The van der Waals surface area contributed by atoms with Gasteiger partial charge in [-0.05, 0) is 19.4 Å². The molecule has 0 saturated carbocycles. The number of nitrogens with one attached hydrogen (secondary N) is 1. The summed E-state index contributed by atoms with van der Waals surface area (Å²) in [4.78, 5) is 37.2. The number of aliphatic carboxylic acids is 1. The maximum atomic E-state index is 12.3. The number of amides is 2. The number of carbonyl (C=O) groups is 3. The minimum atomic E-state index is -1.28. The van der Waals surface area contributed by atoms with Crippen molar-refractivity contribution in [3.63, 3.8) is 0 Å². The van der Waals surface area contributed by atoms with Gasteiger partial charge in [-0.1, -0.05) is 30.3 Å². The van der Waals surface area contributed by atoms with Crippen LogP contribution in [0.4, 0.5) is 0 Å². The Morgan fingerprint density at radius 2 is 1.92 bits per heavy atom. The standard InChI is InChI=1S/C16H19N3O4S.Na/c1-16(2)11(15(22)23)19-13(21)10(14(19)24-16)18-12(20)9(17)8-6-4-3-5-7-8;/h3-7,9-11,14H,17H2,1-2H3,(H,18,20)(H,22,23);/q;+1/p-1/t9-,10-,11?,14-;/m1./s1. The van der Waals surface area contributed by atoms with Gasteiger partial charge < -0.3 is 25.9 Å². The van der Waals surface area contributed by atoms with Gasteiger partial charge in [-0.2, -0.15) is 0 Å². The van der Waals surface area contributed by atoms with Gasteiger partial charge in [0, 0.05) is 4.75 Å². The van der Waals surface area contributed by atoms with Gasteiger partial charge >= 0.3 is 29.6 Å². The predicted octanol–water partition coefficient (Wildman–Crippen LogP) is -4.01. The SMILES string of the molecule is CC1(C)S[C@@H]2[C@H](NC(=O)[C@H](N)c3ccccc3)C(=O)N2C1C(=O)[O-].[Na+]. The van der Waals surface area contributed by atoms with Crippen LogP contribution < -0.4 is 45.7 Å². The van der Waals surface area contributed by atoms with E-state index in [1.807, 2.05) is 6.07 Å². The fourth-order valence-electron chi connectivity index (χ4n) is 3.18. The Morgan fingerprint density at radius 1 is 1.32 bits per heavy atom. The largest absolute Gasteiger partial charge is 1.00 e. The van der Waals surface area contributed by atoms with E-state index in [-0.39, 0.29) is 29.6 Å². The Morgan fingerprint density at radius 3 is 2.48 bits per heavy atom. The summed E-state index contributed by atoms with van der Waals surface area (Å²) < 4.78 is -0.680. The molecule has 4 atom stereocenters.